The summed E-state index contributed by atoms with van der Waals surface area (Å²) in [7, 11) is 4.19. The van der Waals surface area contributed by atoms with E-state index in [9.17, 15) is 4.79 Å². The second-order valence-corrected chi connectivity index (χ2v) is 4.30. The summed E-state index contributed by atoms with van der Waals surface area (Å²) in [6.45, 7) is 3.35. The fourth-order valence-electron chi connectivity index (χ4n) is 1.94. The Hall–Kier alpha value is -0.610. The molecule has 0 aromatic heterocycles. The minimum absolute atomic E-state index is 0.0763. The van der Waals surface area contributed by atoms with E-state index in [1.165, 1.54) is 0 Å². The fourth-order valence-corrected chi connectivity index (χ4v) is 1.94. The Morgan fingerprint density at radius 3 is 2.80 bits per heavy atom. The Morgan fingerprint density at radius 1 is 1.53 bits per heavy atom. The molecule has 1 rings (SSSR count). The molecule has 0 aromatic carbocycles. The third-order valence-electron chi connectivity index (χ3n) is 2.93. The normalized spacial score (nSPS) is 25.9. The number of likely N-dealkylation sites (N-methyl/N-ethyl adjacent to an activating group) is 1. The Bertz CT molecular complexity index is 207. The van der Waals surface area contributed by atoms with Crippen molar-refractivity contribution < 1.29 is 9.53 Å². The molecule has 0 amide bonds. The first kappa shape index (κ1) is 12.5. The summed E-state index contributed by atoms with van der Waals surface area (Å²) in [6.07, 6.45) is 2.56. The van der Waals surface area contributed by atoms with Gasteiger partial charge in [0, 0.05) is 25.0 Å². The Kier molecular flexibility index (Phi) is 5.05. The van der Waals surface area contributed by atoms with Gasteiger partial charge in [-0.1, -0.05) is 0 Å². The van der Waals surface area contributed by atoms with Gasteiger partial charge in [-0.15, -0.1) is 0 Å². The minimum atomic E-state index is -0.0763. The van der Waals surface area contributed by atoms with Crippen molar-refractivity contribution in [3.63, 3.8) is 0 Å². The first-order valence-corrected chi connectivity index (χ1v) is 5.69. The van der Waals surface area contributed by atoms with E-state index in [-0.39, 0.29) is 5.97 Å². The molecular formula is C11H22N2O2. The van der Waals surface area contributed by atoms with Crippen LogP contribution >= 0.6 is 0 Å². The smallest absolute Gasteiger partial charge is 0.305 e. The SMILES string of the molecule is CCOC(=O)CC[C@@H]1C[C@H](N(C)C)CN1. The predicted molar refractivity (Wildman–Crippen MR) is 59.7 cm³/mol. The molecule has 1 saturated heterocycles. The van der Waals surface area contributed by atoms with Gasteiger partial charge < -0.3 is 15.0 Å². The summed E-state index contributed by atoms with van der Waals surface area (Å²) >= 11 is 0. The van der Waals surface area contributed by atoms with Crippen LogP contribution in [0.2, 0.25) is 0 Å². The number of carbonyl (C=O) groups excluding carboxylic acids is 1. The lowest BCUT2D eigenvalue weighted by Crippen LogP contribution is -2.29. The van der Waals surface area contributed by atoms with E-state index >= 15 is 0 Å². The van der Waals surface area contributed by atoms with E-state index in [2.05, 4.69) is 24.3 Å². The lowest BCUT2D eigenvalue weighted by Gasteiger charge is -2.17. The van der Waals surface area contributed by atoms with Crippen molar-refractivity contribution in [2.45, 2.75) is 38.3 Å². The van der Waals surface area contributed by atoms with Gasteiger partial charge in [0.2, 0.25) is 0 Å². The molecule has 1 aliphatic rings. The number of carbonyl (C=O) groups is 1. The number of hydrogen-bond donors (Lipinski definition) is 1. The van der Waals surface area contributed by atoms with Gasteiger partial charge in [0.15, 0.2) is 0 Å². The van der Waals surface area contributed by atoms with E-state index in [1.54, 1.807) is 0 Å². The predicted octanol–water partition coefficient (Wildman–Crippen LogP) is 0.622. The third kappa shape index (κ3) is 4.18. The number of hydrogen-bond acceptors (Lipinski definition) is 4. The van der Waals surface area contributed by atoms with E-state index in [1.807, 2.05) is 6.92 Å². The molecule has 0 unspecified atom stereocenters. The van der Waals surface area contributed by atoms with Crippen LogP contribution in [-0.2, 0) is 9.53 Å². The molecule has 2 atom stereocenters. The van der Waals surface area contributed by atoms with Crippen LogP contribution in [-0.4, -0.2) is 50.2 Å². The molecule has 0 bridgehead atoms. The number of esters is 1. The second-order valence-electron chi connectivity index (χ2n) is 4.30. The maximum absolute atomic E-state index is 11.2. The maximum atomic E-state index is 11.2. The van der Waals surface area contributed by atoms with Crippen molar-refractivity contribution in [1.29, 1.82) is 0 Å². The van der Waals surface area contributed by atoms with Crippen molar-refractivity contribution >= 4 is 5.97 Å². The topological polar surface area (TPSA) is 41.6 Å². The van der Waals surface area contributed by atoms with Crippen LogP contribution in [0, 0.1) is 0 Å². The molecule has 15 heavy (non-hydrogen) atoms. The Labute approximate surface area is 92.0 Å². The van der Waals surface area contributed by atoms with Gasteiger partial charge in [-0.25, -0.2) is 0 Å². The Balaban J connectivity index is 2.16. The number of nitrogens with one attached hydrogen (secondary N) is 1. The van der Waals surface area contributed by atoms with E-state index in [0.717, 1.165) is 19.4 Å². The largest absolute Gasteiger partial charge is 0.466 e. The molecule has 4 nitrogen and oxygen atoms in total. The highest BCUT2D eigenvalue weighted by Crippen LogP contribution is 2.15. The summed E-state index contributed by atoms with van der Waals surface area (Å²) in [5, 5.41) is 3.44. The van der Waals surface area contributed by atoms with Crippen LogP contribution in [0.4, 0.5) is 0 Å². The molecule has 1 fully saturated rings. The number of nitrogens with zero attached hydrogens (tertiary/aromatic N) is 1. The molecule has 1 heterocycles. The minimum Gasteiger partial charge on any atom is -0.466 e. The van der Waals surface area contributed by atoms with E-state index in [4.69, 9.17) is 4.74 Å². The Morgan fingerprint density at radius 2 is 2.27 bits per heavy atom. The van der Waals surface area contributed by atoms with Gasteiger partial charge in [-0.2, -0.15) is 0 Å². The fraction of sp³-hybridized carbons (Fsp3) is 0.909. The molecule has 0 aromatic rings. The van der Waals surface area contributed by atoms with Crippen LogP contribution in [0.3, 0.4) is 0 Å². The van der Waals surface area contributed by atoms with Crippen LogP contribution in [0.25, 0.3) is 0 Å². The molecule has 88 valence electrons. The first-order chi connectivity index (χ1) is 7.13. The van der Waals surface area contributed by atoms with Crippen LogP contribution in [0.15, 0.2) is 0 Å². The van der Waals surface area contributed by atoms with Crippen molar-refractivity contribution in [2.24, 2.45) is 0 Å². The molecule has 1 N–H and O–H groups in total. The monoisotopic (exact) mass is 214 g/mol. The third-order valence-corrected chi connectivity index (χ3v) is 2.93. The summed E-state index contributed by atoms with van der Waals surface area (Å²) in [5.74, 6) is -0.0763. The molecule has 4 heteroatoms. The quantitative estimate of drug-likeness (QED) is 0.681. The summed E-state index contributed by atoms with van der Waals surface area (Å²) < 4.78 is 4.90. The number of ether oxygens (including phenoxy) is 1. The average Bonchev–Trinajstić information content (AvgIpc) is 2.63. The standard InChI is InChI=1S/C11H22N2O2/c1-4-15-11(14)6-5-9-7-10(8-12-9)13(2)3/h9-10,12H,4-8H2,1-3H3/t9-,10+/m1/s1. The van der Waals surface area contributed by atoms with Gasteiger partial charge in [0.05, 0.1) is 6.61 Å². The maximum Gasteiger partial charge on any atom is 0.305 e. The van der Waals surface area contributed by atoms with Gasteiger partial charge >= 0.3 is 5.97 Å². The molecule has 0 radical (unpaired) electrons. The van der Waals surface area contributed by atoms with Gasteiger partial charge in [-0.05, 0) is 33.9 Å². The highest BCUT2D eigenvalue weighted by molar-refractivity contribution is 5.69. The van der Waals surface area contributed by atoms with Crippen LogP contribution < -0.4 is 5.32 Å². The summed E-state index contributed by atoms with van der Waals surface area (Å²) in [4.78, 5) is 13.4. The molecule has 0 saturated carbocycles. The van der Waals surface area contributed by atoms with Crippen molar-refractivity contribution in [2.75, 3.05) is 27.2 Å². The highest BCUT2D eigenvalue weighted by atomic mass is 16.5. The molecule has 0 spiro atoms. The van der Waals surface area contributed by atoms with Crippen LogP contribution in [0.1, 0.15) is 26.2 Å². The zero-order valence-electron chi connectivity index (χ0n) is 9.95. The second kappa shape index (κ2) is 6.08. The highest BCUT2D eigenvalue weighted by Gasteiger charge is 2.25. The average molecular weight is 214 g/mol. The van der Waals surface area contributed by atoms with Crippen LogP contribution in [0.5, 0.6) is 0 Å². The first-order valence-electron chi connectivity index (χ1n) is 5.69. The summed E-state index contributed by atoms with van der Waals surface area (Å²) in [6, 6.07) is 1.08. The van der Waals surface area contributed by atoms with Gasteiger partial charge in [0.1, 0.15) is 0 Å². The van der Waals surface area contributed by atoms with Crippen molar-refractivity contribution in [3.05, 3.63) is 0 Å². The zero-order chi connectivity index (χ0) is 11.3. The molecule has 1 aliphatic heterocycles. The van der Waals surface area contributed by atoms with E-state index in [0.29, 0.717) is 25.1 Å². The lowest BCUT2D eigenvalue weighted by molar-refractivity contribution is -0.143. The van der Waals surface area contributed by atoms with Gasteiger partial charge in [-0.3, -0.25) is 4.79 Å². The molecule has 0 aliphatic carbocycles. The zero-order valence-corrected chi connectivity index (χ0v) is 9.95. The van der Waals surface area contributed by atoms with Crippen molar-refractivity contribution in [3.8, 4) is 0 Å². The number of rotatable bonds is 5. The summed E-state index contributed by atoms with van der Waals surface area (Å²) in [5.41, 5.74) is 0. The lowest BCUT2D eigenvalue weighted by atomic mass is 10.1. The molecular weight excluding hydrogens is 192 g/mol. The van der Waals surface area contributed by atoms with Crippen molar-refractivity contribution in [1.82, 2.24) is 10.2 Å². The van der Waals surface area contributed by atoms with Gasteiger partial charge in [0.25, 0.3) is 0 Å². The van der Waals surface area contributed by atoms with E-state index < -0.39 is 0 Å².